The molecule has 2 amide bonds. The van der Waals surface area contributed by atoms with Crippen molar-refractivity contribution in [2.75, 3.05) is 10.6 Å². The molecule has 0 fully saturated rings. The summed E-state index contributed by atoms with van der Waals surface area (Å²) in [7, 11) is 0. The van der Waals surface area contributed by atoms with Crippen LogP contribution in [0.15, 0.2) is 48.5 Å². The number of anilines is 2. The van der Waals surface area contributed by atoms with Crippen LogP contribution in [-0.4, -0.2) is 17.9 Å². The molecule has 0 aliphatic rings. The Morgan fingerprint density at radius 1 is 1.00 bits per heavy atom. The van der Waals surface area contributed by atoms with Crippen LogP contribution in [0.25, 0.3) is 0 Å². The van der Waals surface area contributed by atoms with Gasteiger partial charge < -0.3 is 15.4 Å². The van der Waals surface area contributed by atoms with Crippen LogP contribution in [0.5, 0.6) is 5.75 Å². The number of hydrogen-bond acceptors (Lipinski definition) is 4. The lowest BCUT2D eigenvalue weighted by molar-refractivity contribution is -0.135. The van der Waals surface area contributed by atoms with Crippen LogP contribution in [0.2, 0.25) is 0 Å². The van der Waals surface area contributed by atoms with E-state index in [2.05, 4.69) is 10.6 Å². The molecular formula is C21H23N3O3. The Bertz CT molecular complexity index is 865. The van der Waals surface area contributed by atoms with E-state index < -0.39 is 17.2 Å². The summed E-state index contributed by atoms with van der Waals surface area (Å²) in [5.41, 5.74) is 0.199. The van der Waals surface area contributed by atoms with E-state index in [1.165, 1.54) is 0 Å². The summed E-state index contributed by atoms with van der Waals surface area (Å²) in [6.45, 7) is 6.89. The number of amides is 2. The van der Waals surface area contributed by atoms with Gasteiger partial charge in [-0.3, -0.25) is 9.59 Å². The predicted octanol–water partition coefficient (Wildman–Crippen LogP) is 3.95. The lowest BCUT2D eigenvalue weighted by Gasteiger charge is -2.24. The molecular weight excluding hydrogens is 342 g/mol. The zero-order chi connectivity index (χ0) is 20.0. The van der Waals surface area contributed by atoms with Gasteiger partial charge in [0.1, 0.15) is 11.2 Å². The first-order valence-electron chi connectivity index (χ1n) is 8.63. The number of nitrogens with one attached hydrogen (secondary N) is 2. The molecule has 0 atom stereocenters. The number of nitriles is 1. The molecule has 2 rings (SSSR count). The number of rotatable bonds is 6. The van der Waals surface area contributed by atoms with E-state index in [1.54, 1.807) is 56.3 Å². The highest BCUT2D eigenvalue weighted by atomic mass is 16.5. The van der Waals surface area contributed by atoms with Crippen molar-refractivity contribution in [3.05, 3.63) is 54.1 Å². The van der Waals surface area contributed by atoms with Gasteiger partial charge in [0.05, 0.1) is 23.4 Å². The lowest BCUT2D eigenvalue weighted by Crippen LogP contribution is -2.41. The first kappa shape index (κ1) is 20.0. The molecule has 6 heteroatoms. The molecule has 0 aliphatic carbocycles. The summed E-state index contributed by atoms with van der Waals surface area (Å²) in [6, 6.07) is 15.5. The Kier molecular flexibility index (Phi) is 6.19. The summed E-state index contributed by atoms with van der Waals surface area (Å²) < 4.78 is 5.70. The zero-order valence-corrected chi connectivity index (χ0v) is 15.9. The van der Waals surface area contributed by atoms with Gasteiger partial charge in [-0.25, -0.2) is 0 Å². The van der Waals surface area contributed by atoms with Crippen LogP contribution in [0.4, 0.5) is 11.4 Å². The van der Waals surface area contributed by atoms with E-state index in [9.17, 15) is 9.59 Å². The Hall–Kier alpha value is -3.33. The second kappa shape index (κ2) is 8.37. The molecule has 2 aromatic carbocycles. The molecule has 0 aliphatic heterocycles. The van der Waals surface area contributed by atoms with Gasteiger partial charge in [-0.15, -0.1) is 0 Å². The molecule has 6 nitrogen and oxygen atoms in total. The number of nitrogens with zero attached hydrogens (tertiary/aromatic N) is 1. The third-order valence-electron chi connectivity index (χ3n) is 3.91. The molecule has 140 valence electrons. The average molecular weight is 365 g/mol. The van der Waals surface area contributed by atoms with Crippen molar-refractivity contribution in [1.82, 2.24) is 0 Å². The molecule has 0 radical (unpaired) electrons. The Morgan fingerprint density at radius 3 is 2.19 bits per heavy atom. The molecule has 2 aromatic rings. The van der Waals surface area contributed by atoms with Crippen LogP contribution < -0.4 is 15.4 Å². The fraction of sp³-hybridized carbons (Fsp3) is 0.286. The SMILES string of the molecule is CC(C)Oc1ccccc1NC(=O)C(C)(C)C(=O)Nc1ccc(C#N)cc1. The summed E-state index contributed by atoms with van der Waals surface area (Å²) in [5, 5.41) is 14.3. The second-order valence-corrected chi connectivity index (χ2v) is 6.89. The maximum atomic E-state index is 12.7. The van der Waals surface area contributed by atoms with Gasteiger partial charge in [0.15, 0.2) is 0 Å². The van der Waals surface area contributed by atoms with Crippen molar-refractivity contribution in [3.8, 4) is 11.8 Å². The van der Waals surface area contributed by atoms with Gasteiger partial charge in [0.2, 0.25) is 11.8 Å². The smallest absolute Gasteiger partial charge is 0.239 e. The Morgan fingerprint density at radius 2 is 1.59 bits per heavy atom. The first-order chi connectivity index (χ1) is 12.7. The summed E-state index contributed by atoms with van der Waals surface area (Å²) >= 11 is 0. The lowest BCUT2D eigenvalue weighted by atomic mass is 9.90. The number of hydrogen-bond donors (Lipinski definition) is 2. The van der Waals surface area contributed by atoms with Crippen LogP contribution in [0.1, 0.15) is 33.3 Å². The normalized spacial score (nSPS) is 10.8. The Balaban J connectivity index is 2.12. The maximum absolute atomic E-state index is 12.7. The van der Waals surface area contributed by atoms with Crippen molar-refractivity contribution in [2.45, 2.75) is 33.8 Å². The van der Waals surface area contributed by atoms with E-state index in [0.717, 1.165) is 0 Å². The molecule has 0 bridgehead atoms. The standard InChI is InChI=1S/C21H23N3O3/c1-14(2)27-18-8-6-5-7-17(18)24-20(26)21(3,4)19(25)23-16-11-9-15(13-22)10-12-16/h5-12,14H,1-4H3,(H,23,25)(H,24,26). The molecule has 27 heavy (non-hydrogen) atoms. The average Bonchev–Trinajstić information content (AvgIpc) is 2.63. The van der Waals surface area contributed by atoms with Crippen molar-refractivity contribution in [3.63, 3.8) is 0 Å². The minimum atomic E-state index is -1.32. The summed E-state index contributed by atoms with van der Waals surface area (Å²) in [6.07, 6.45) is -0.0456. The van der Waals surface area contributed by atoms with Gasteiger partial charge in [-0.05, 0) is 64.1 Å². The van der Waals surface area contributed by atoms with Crippen molar-refractivity contribution < 1.29 is 14.3 Å². The van der Waals surface area contributed by atoms with Crippen LogP contribution >= 0.6 is 0 Å². The third-order valence-corrected chi connectivity index (χ3v) is 3.91. The van der Waals surface area contributed by atoms with Crippen LogP contribution in [0.3, 0.4) is 0 Å². The van der Waals surface area contributed by atoms with Crippen molar-refractivity contribution in [1.29, 1.82) is 5.26 Å². The van der Waals surface area contributed by atoms with E-state index in [0.29, 0.717) is 22.7 Å². The van der Waals surface area contributed by atoms with Gasteiger partial charge >= 0.3 is 0 Å². The van der Waals surface area contributed by atoms with E-state index in [-0.39, 0.29) is 6.10 Å². The molecule has 0 saturated heterocycles. The molecule has 2 N–H and O–H groups in total. The largest absolute Gasteiger partial charge is 0.489 e. The van der Waals surface area contributed by atoms with Gasteiger partial charge in [-0.1, -0.05) is 12.1 Å². The molecule has 0 saturated carbocycles. The highest BCUT2D eigenvalue weighted by molar-refractivity contribution is 6.14. The number of carbonyl (C=O) groups is 2. The second-order valence-electron chi connectivity index (χ2n) is 6.89. The zero-order valence-electron chi connectivity index (χ0n) is 15.9. The highest BCUT2D eigenvalue weighted by Crippen LogP contribution is 2.28. The molecule has 0 aromatic heterocycles. The quantitative estimate of drug-likeness (QED) is 0.758. The van der Waals surface area contributed by atoms with Crippen LogP contribution in [0, 0.1) is 16.7 Å². The number of benzene rings is 2. The van der Waals surface area contributed by atoms with E-state index in [1.807, 2.05) is 26.0 Å². The van der Waals surface area contributed by atoms with E-state index in [4.69, 9.17) is 10.00 Å². The number of para-hydroxylation sites is 2. The minimum Gasteiger partial charge on any atom is -0.489 e. The maximum Gasteiger partial charge on any atom is 0.239 e. The van der Waals surface area contributed by atoms with E-state index >= 15 is 0 Å². The first-order valence-corrected chi connectivity index (χ1v) is 8.63. The summed E-state index contributed by atoms with van der Waals surface area (Å²) in [5.74, 6) is -0.357. The molecule has 0 heterocycles. The summed E-state index contributed by atoms with van der Waals surface area (Å²) in [4.78, 5) is 25.3. The molecule has 0 unspecified atom stereocenters. The fourth-order valence-corrected chi connectivity index (χ4v) is 2.22. The topological polar surface area (TPSA) is 91.2 Å². The van der Waals surface area contributed by atoms with Gasteiger partial charge in [-0.2, -0.15) is 5.26 Å². The monoisotopic (exact) mass is 365 g/mol. The van der Waals surface area contributed by atoms with Crippen LogP contribution in [-0.2, 0) is 9.59 Å². The Labute approximate surface area is 159 Å². The van der Waals surface area contributed by atoms with Gasteiger partial charge in [0.25, 0.3) is 0 Å². The number of ether oxygens (including phenoxy) is 1. The third kappa shape index (κ3) is 5.08. The van der Waals surface area contributed by atoms with Gasteiger partial charge in [0, 0.05) is 5.69 Å². The molecule has 0 spiro atoms. The van der Waals surface area contributed by atoms with Crippen molar-refractivity contribution in [2.24, 2.45) is 5.41 Å². The highest BCUT2D eigenvalue weighted by Gasteiger charge is 2.36. The minimum absolute atomic E-state index is 0.0456. The van der Waals surface area contributed by atoms with Crippen molar-refractivity contribution >= 4 is 23.2 Å². The number of carbonyl (C=O) groups excluding carboxylic acids is 2. The fourth-order valence-electron chi connectivity index (χ4n) is 2.22. The predicted molar refractivity (Wildman–Crippen MR) is 104 cm³/mol.